The molecule has 0 saturated carbocycles. The van der Waals surface area contributed by atoms with Crippen LogP contribution in [0.4, 0.5) is 0 Å². The van der Waals surface area contributed by atoms with Crippen molar-refractivity contribution in [2.75, 3.05) is 0 Å². The van der Waals surface area contributed by atoms with Crippen molar-refractivity contribution in [1.82, 2.24) is 9.97 Å². The number of fused-ring (bicyclic) bond motifs is 3. The van der Waals surface area contributed by atoms with Crippen LogP contribution in [0, 0.1) is 0 Å². The molecule has 0 spiro atoms. The van der Waals surface area contributed by atoms with Gasteiger partial charge in [0.1, 0.15) is 0 Å². The Kier molecular flexibility index (Phi) is 7.51. The van der Waals surface area contributed by atoms with Crippen LogP contribution in [0.1, 0.15) is 25.0 Å². The normalized spacial score (nSPS) is 12.7. The molecule has 2 nitrogen and oxygen atoms in total. The molecule has 242 valence electrons. The van der Waals surface area contributed by atoms with Crippen LogP contribution in [-0.2, 0) is 5.41 Å². The second kappa shape index (κ2) is 12.5. The fourth-order valence-corrected chi connectivity index (χ4v) is 7.61. The van der Waals surface area contributed by atoms with Crippen molar-refractivity contribution >= 4 is 0 Å². The van der Waals surface area contributed by atoms with Crippen LogP contribution >= 0.6 is 0 Å². The average molecular weight is 653 g/mol. The topological polar surface area (TPSA) is 25.8 Å². The van der Waals surface area contributed by atoms with Crippen LogP contribution in [-0.4, -0.2) is 9.97 Å². The summed E-state index contributed by atoms with van der Waals surface area (Å²) in [6.07, 6.45) is 0. The molecule has 0 unspecified atom stereocenters. The minimum absolute atomic E-state index is 0.0845. The Balaban J connectivity index is 1.16. The zero-order valence-corrected chi connectivity index (χ0v) is 28.7. The first kappa shape index (κ1) is 30.7. The van der Waals surface area contributed by atoms with E-state index in [1.807, 2.05) is 24.3 Å². The minimum atomic E-state index is -0.0845. The van der Waals surface area contributed by atoms with E-state index < -0.39 is 0 Å². The molecule has 0 bridgehead atoms. The van der Waals surface area contributed by atoms with Crippen molar-refractivity contribution in [3.05, 3.63) is 193 Å². The second-order valence-corrected chi connectivity index (χ2v) is 13.8. The quantitative estimate of drug-likeness (QED) is 0.179. The predicted molar refractivity (Wildman–Crippen MR) is 212 cm³/mol. The van der Waals surface area contributed by atoms with Crippen LogP contribution in [0.2, 0.25) is 0 Å². The van der Waals surface area contributed by atoms with E-state index >= 15 is 0 Å². The minimum Gasteiger partial charge on any atom is -0.228 e. The Morgan fingerprint density at radius 1 is 0.314 bits per heavy atom. The van der Waals surface area contributed by atoms with Gasteiger partial charge in [-0.25, -0.2) is 9.97 Å². The molecule has 0 N–H and O–H groups in total. The third-order valence-electron chi connectivity index (χ3n) is 10.3. The molecular weight excluding hydrogens is 617 g/mol. The summed E-state index contributed by atoms with van der Waals surface area (Å²) in [5, 5.41) is 0. The predicted octanol–water partition coefficient (Wildman–Crippen LogP) is 12.8. The zero-order valence-electron chi connectivity index (χ0n) is 28.7. The number of hydrogen-bond acceptors (Lipinski definition) is 2. The van der Waals surface area contributed by atoms with Gasteiger partial charge in [0.05, 0.1) is 11.4 Å². The maximum Gasteiger partial charge on any atom is 0.160 e. The van der Waals surface area contributed by atoms with Crippen molar-refractivity contribution in [2.24, 2.45) is 0 Å². The van der Waals surface area contributed by atoms with Gasteiger partial charge in [-0.15, -0.1) is 0 Å². The van der Waals surface area contributed by atoms with E-state index in [1.165, 1.54) is 50.1 Å². The maximum atomic E-state index is 5.13. The van der Waals surface area contributed by atoms with Gasteiger partial charge in [-0.05, 0) is 79.9 Å². The molecule has 0 radical (unpaired) electrons. The van der Waals surface area contributed by atoms with Gasteiger partial charge in [0.2, 0.25) is 0 Å². The highest BCUT2D eigenvalue weighted by Gasteiger charge is 2.36. The molecule has 9 rings (SSSR count). The number of hydrogen-bond donors (Lipinski definition) is 0. The molecule has 1 aliphatic carbocycles. The SMILES string of the molecule is CC1(C)c2ccccc2-c2cc(-c3ccccc3)c(-c3ccc(-c4cc(-c5cccc(-c6ccccc6)c5)nc(-c5ccccc5)n4)cc3)cc21. The summed E-state index contributed by atoms with van der Waals surface area (Å²) in [6.45, 7) is 4.69. The molecule has 2 heteroatoms. The van der Waals surface area contributed by atoms with E-state index in [9.17, 15) is 0 Å². The van der Waals surface area contributed by atoms with Crippen LogP contribution in [0.5, 0.6) is 0 Å². The van der Waals surface area contributed by atoms with E-state index in [2.05, 4.69) is 172 Å². The summed E-state index contributed by atoms with van der Waals surface area (Å²) in [6, 6.07) is 64.9. The van der Waals surface area contributed by atoms with Crippen LogP contribution in [0.3, 0.4) is 0 Å². The van der Waals surface area contributed by atoms with E-state index in [0.29, 0.717) is 5.82 Å². The largest absolute Gasteiger partial charge is 0.228 e. The summed E-state index contributed by atoms with van der Waals surface area (Å²) in [4.78, 5) is 10.2. The van der Waals surface area contributed by atoms with E-state index in [1.54, 1.807) is 0 Å². The lowest BCUT2D eigenvalue weighted by molar-refractivity contribution is 0.660. The molecule has 0 fully saturated rings. The molecule has 0 saturated heterocycles. The molecule has 51 heavy (non-hydrogen) atoms. The van der Waals surface area contributed by atoms with Crippen LogP contribution in [0.15, 0.2) is 182 Å². The third-order valence-corrected chi connectivity index (χ3v) is 10.3. The smallest absolute Gasteiger partial charge is 0.160 e. The third kappa shape index (κ3) is 5.56. The molecule has 1 aliphatic rings. The lowest BCUT2D eigenvalue weighted by atomic mass is 9.80. The molecule has 1 aromatic heterocycles. The number of nitrogens with zero attached hydrogens (tertiary/aromatic N) is 2. The summed E-state index contributed by atoms with van der Waals surface area (Å²) >= 11 is 0. The molecule has 8 aromatic rings. The first-order valence-electron chi connectivity index (χ1n) is 17.6. The fraction of sp³-hybridized carbons (Fsp3) is 0.0612. The van der Waals surface area contributed by atoms with Gasteiger partial charge in [-0.2, -0.15) is 0 Å². The summed E-state index contributed by atoms with van der Waals surface area (Å²) < 4.78 is 0. The second-order valence-electron chi connectivity index (χ2n) is 13.8. The standard InChI is InChI=1S/C49H36N2/c1-49(2)44-24-13-12-23-40(44)43-30-41(34-17-8-4-9-18-34)42(31-45(43)49)35-25-27-36(28-26-35)46-32-47(51-48(50-46)37-19-10-5-11-20-37)39-22-14-21-38(29-39)33-15-6-3-7-16-33/h3-32H,1-2H3. The maximum absolute atomic E-state index is 5.13. The van der Waals surface area contributed by atoms with Crippen molar-refractivity contribution in [3.8, 4) is 78.4 Å². The van der Waals surface area contributed by atoms with Crippen LogP contribution < -0.4 is 0 Å². The highest BCUT2D eigenvalue weighted by atomic mass is 14.9. The molecule has 1 heterocycles. The lowest BCUT2D eigenvalue weighted by Gasteiger charge is -2.23. The Hall–Kier alpha value is -6.38. The van der Waals surface area contributed by atoms with Crippen molar-refractivity contribution in [2.45, 2.75) is 19.3 Å². The van der Waals surface area contributed by atoms with Gasteiger partial charge in [0, 0.05) is 22.1 Å². The van der Waals surface area contributed by atoms with Gasteiger partial charge >= 0.3 is 0 Å². The monoisotopic (exact) mass is 652 g/mol. The Morgan fingerprint density at radius 3 is 1.53 bits per heavy atom. The summed E-state index contributed by atoms with van der Waals surface area (Å²) in [5.41, 5.74) is 17.4. The summed E-state index contributed by atoms with van der Waals surface area (Å²) in [7, 11) is 0. The first-order valence-corrected chi connectivity index (χ1v) is 17.6. The van der Waals surface area contributed by atoms with Gasteiger partial charge in [-0.3, -0.25) is 0 Å². The highest BCUT2D eigenvalue weighted by Crippen LogP contribution is 2.51. The van der Waals surface area contributed by atoms with Crippen molar-refractivity contribution in [3.63, 3.8) is 0 Å². The van der Waals surface area contributed by atoms with Crippen molar-refractivity contribution in [1.29, 1.82) is 0 Å². The number of rotatable bonds is 6. The molecule has 0 atom stereocenters. The zero-order chi connectivity index (χ0) is 34.4. The van der Waals surface area contributed by atoms with Gasteiger partial charge < -0.3 is 0 Å². The van der Waals surface area contributed by atoms with Gasteiger partial charge in [-0.1, -0.05) is 172 Å². The van der Waals surface area contributed by atoms with Gasteiger partial charge in [0.15, 0.2) is 5.82 Å². The number of aromatic nitrogens is 2. The van der Waals surface area contributed by atoms with Gasteiger partial charge in [0.25, 0.3) is 0 Å². The number of benzene rings is 7. The summed E-state index contributed by atoms with van der Waals surface area (Å²) in [5.74, 6) is 0.712. The molecule has 0 aliphatic heterocycles. The molecular formula is C49H36N2. The average Bonchev–Trinajstić information content (AvgIpc) is 3.43. The Bertz CT molecular complexity index is 2520. The van der Waals surface area contributed by atoms with E-state index in [4.69, 9.17) is 9.97 Å². The first-order chi connectivity index (χ1) is 25.0. The van der Waals surface area contributed by atoms with E-state index in [-0.39, 0.29) is 5.41 Å². The molecule has 0 amide bonds. The molecule has 7 aromatic carbocycles. The highest BCUT2D eigenvalue weighted by molar-refractivity contribution is 5.93. The van der Waals surface area contributed by atoms with Crippen LogP contribution in [0.25, 0.3) is 78.4 Å². The fourth-order valence-electron chi connectivity index (χ4n) is 7.61. The van der Waals surface area contributed by atoms with Crippen molar-refractivity contribution < 1.29 is 0 Å². The lowest BCUT2D eigenvalue weighted by Crippen LogP contribution is -2.15. The van der Waals surface area contributed by atoms with E-state index in [0.717, 1.165) is 33.6 Å². The Labute approximate surface area is 299 Å². The Morgan fingerprint density at radius 2 is 0.824 bits per heavy atom.